The summed E-state index contributed by atoms with van der Waals surface area (Å²) in [6, 6.07) is 4.29. The Morgan fingerprint density at radius 3 is 2.31 bits per heavy atom. The largest absolute Gasteiger partial charge is 0.392 e. The summed E-state index contributed by atoms with van der Waals surface area (Å²) in [5.41, 5.74) is 4.85. The zero-order chi connectivity index (χ0) is 10.0. The van der Waals surface area contributed by atoms with Crippen LogP contribution in [0.4, 0.5) is 0 Å². The zero-order valence-corrected chi connectivity index (χ0v) is 8.89. The molecule has 1 nitrogen and oxygen atoms in total. The highest BCUT2D eigenvalue weighted by atomic mass is 16.3. The van der Waals surface area contributed by atoms with Crippen LogP contribution < -0.4 is 0 Å². The van der Waals surface area contributed by atoms with E-state index < -0.39 is 0 Å². The molecule has 0 spiro atoms. The van der Waals surface area contributed by atoms with E-state index in [0.717, 1.165) is 5.56 Å². The van der Waals surface area contributed by atoms with Crippen molar-refractivity contribution in [3.63, 3.8) is 0 Å². The van der Waals surface area contributed by atoms with Crippen LogP contribution in [-0.2, 0) is 6.61 Å². The van der Waals surface area contributed by atoms with Crippen molar-refractivity contribution in [2.24, 2.45) is 0 Å². The standard InChI is InChI=1S/C12H18O/c1-8(2)11-6-9(3)5-10(4)12(11)7-13/h5-6,8,13H,7H2,1-4H3. The lowest BCUT2D eigenvalue weighted by atomic mass is 9.92. The van der Waals surface area contributed by atoms with Gasteiger partial charge in [-0.25, -0.2) is 0 Å². The van der Waals surface area contributed by atoms with Gasteiger partial charge < -0.3 is 5.11 Å². The number of rotatable bonds is 2. The Bertz CT molecular complexity index is 300. The Morgan fingerprint density at radius 1 is 1.23 bits per heavy atom. The first kappa shape index (κ1) is 10.3. The summed E-state index contributed by atoms with van der Waals surface area (Å²) >= 11 is 0. The maximum absolute atomic E-state index is 9.24. The van der Waals surface area contributed by atoms with Crippen molar-refractivity contribution in [1.29, 1.82) is 0 Å². The number of aliphatic hydroxyl groups is 1. The van der Waals surface area contributed by atoms with Gasteiger partial charge in [0.1, 0.15) is 0 Å². The first-order chi connectivity index (χ1) is 6.06. The van der Waals surface area contributed by atoms with E-state index in [0.29, 0.717) is 5.92 Å². The van der Waals surface area contributed by atoms with Crippen LogP contribution in [-0.4, -0.2) is 5.11 Å². The fourth-order valence-corrected chi connectivity index (χ4v) is 1.76. The summed E-state index contributed by atoms with van der Waals surface area (Å²) in [4.78, 5) is 0. The van der Waals surface area contributed by atoms with E-state index in [1.165, 1.54) is 16.7 Å². The zero-order valence-electron chi connectivity index (χ0n) is 8.89. The van der Waals surface area contributed by atoms with Crippen LogP contribution in [0.5, 0.6) is 0 Å². The topological polar surface area (TPSA) is 20.2 Å². The molecule has 13 heavy (non-hydrogen) atoms. The van der Waals surface area contributed by atoms with Crippen molar-refractivity contribution < 1.29 is 5.11 Å². The predicted molar refractivity (Wildman–Crippen MR) is 55.9 cm³/mol. The van der Waals surface area contributed by atoms with Crippen molar-refractivity contribution in [2.75, 3.05) is 0 Å². The lowest BCUT2D eigenvalue weighted by Crippen LogP contribution is -2.00. The van der Waals surface area contributed by atoms with Gasteiger partial charge in [-0.3, -0.25) is 0 Å². The molecule has 1 aromatic rings. The molecule has 0 saturated carbocycles. The maximum Gasteiger partial charge on any atom is 0.0687 e. The Kier molecular flexibility index (Phi) is 3.10. The molecule has 0 bridgehead atoms. The minimum absolute atomic E-state index is 0.152. The van der Waals surface area contributed by atoms with Crippen LogP contribution in [0, 0.1) is 13.8 Å². The van der Waals surface area contributed by atoms with Crippen molar-refractivity contribution in [1.82, 2.24) is 0 Å². The van der Waals surface area contributed by atoms with Gasteiger partial charge in [-0.15, -0.1) is 0 Å². The second-order valence-corrected chi connectivity index (χ2v) is 3.96. The van der Waals surface area contributed by atoms with Gasteiger partial charge >= 0.3 is 0 Å². The van der Waals surface area contributed by atoms with Crippen molar-refractivity contribution in [3.05, 3.63) is 34.4 Å². The van der Waals surface area contributed by atoms with E-state index >= 15 is 0 Å². The molecule has 0 amide bonds. The number of hydrogen-bond donors (Lipinski definition) is 1. The lowest BCUT2D eigenvalue weighted by molar-refractivity contribution is 0.279. The molecule has 0 aliphatic heterocycles. The van der Waals surface area contributed by atoms with Gasteiger partial charge in [0.25, 0.3) is 0 Å². The van der Waals surface area contributed by atoms with Crippen molar-refractivity contribution >= 4 is 0 Å². The van der Waals surface area contributed by atoms with E-state index in [-0.39, 0.29) is 6.61 Å². The smallest absolute Gasteiger partial charge is 0.0687 e. The van der Waals surface area contributed by atoms with E-state index in [1.54, 1.807) is 0 Å². The second kappa shape index (κ2) is 3.93. The molecular formula is C12H18O. The van der Waals surface area contributed by atoms with Crippen LogP contribution >= 0.6 is 0 Å². The van der Waals surface area contributed by atoms with E-state index in [9.17, 15) is 5.11 Å². The van der Waals surface area contributed by atoms with E-state index in [1.807, 2.05) is 0 Å². The third-order valence-corrected chi connectivity index (χ3v) is 2.43. The molecule has 0 aliphatic rings. The minimum Gasteiger partial charge on any atom is -0.392 e. The molecule has 72 valence electrons. The average Bonchev–Trinajstić information content (AvgIpc) is 2.02. The number of aliphatic hydroxyl groups excluding tert-OH is 1. The van der Waals surface area contributed by atoms with Gasteiger partial charge in [0.2, 0.25) is 0 Å². The van der Waals surface area contributed by atoms with Gasteiger partial charge in [0, 0.05) is 0 Å². The molecule has 0 aromatic heterocycles. The molecule has 0 saturated heterocycles. The summed E-state index contributed by atoms with van der Waals surface area (Å²) in [5, 5.41) is 9.24. The van der Waals surface area contributed by atoms with Crippen LogP contribution in [0.1, 0.15) is 42.0 Å². The van der Waals surface area contributed by atoms with Crippen LogP contribution in [0.25, 0.3) is 0 Å². The highest BCUT2D eigenvalue weighted by molar-refractivity contribution is 5.39. The molecule has 0 unspecified atom stereocenters. The molecule has 0 aliphatic carbocycles. The summed E-state index contributed by atoms with van der Waals surface area (Å²) in [6.45, 7) is 8.63. The highest BCUT2D eigenvalue weighted by Gasteiger charge is 2.08. The molecule has 0 fully saturated rings. The van der Waals surface area contributed by atoms with Gasteiger partial charge in [0.05, 0.1) is 6.61 Å². The van der Waals surface area contributed by atoms with Crippen molar-refractivity contribution in [3.8, 4) is 0 Å². The van der Waals surface area contributed by atoms with Gasteiger partial charge in [-0.1, -0.05) is 31.5 Å². The van der Waals surface area contributed by atoms with Crippen LogP contribution in [0.15, 0.2) is 12.1 Å². The molecule has 1 rings (SSSR count). The molecular weight excluding hydrogens is 160 g/mol. The summed E-state index contributed by atoms with van der Waals surface area (Å²) in [6.07, 6.45) is 0. The lowest BCUT2D eigenvalue weighted by Gasteiger charge is -2.14. The highest BCUT2D eigenvalue weighted by Crippen LogP contribution is 2.24. The number of hydrogen-bond acceptors (Lipinski definition) is 1. The second-order valence-electron chi connectivity index (χ2n) is 3.96. The van der Waals surface area contributed by atoms with Gasteiger partial charge in [-0.05, 0) is 36.5 Å². The van der Waals surface area contributed by atoms with Crippen molar-refractivity contribution in [2.45, 2.75) is 40.2 Å². The Morgan fingerprint density at radius 2 is 1.85 bits per heavy atom. The average molecular weight is 178 g/mol. The molecule has 1 heteroatoms. The number of benzene rings is 1. The monoisotopic (exact) mass is 178 g/mol. The third-order valence-electron chi connectivity index (χ3n) is 2.43. The van der Waals surface area contributed by atoms with E-state index in [4.69, 9.17) is 0 Å². The molecule has 0 heterocycles. The van der Waals surface area contributed by atoms with Gasteiger partial charge in [-0.2, -0.15) is 0 Å². The van der Waals surface area contributed by atoms with E-state index in [2.05, 4.69) is 39.8 Å². The van der Waals surface area contributed by atoms with Gasteiger partial charge in [0.15, 0.2) is 0 Å². The molecule has 0 radical (unpaired) electrons. The summed E-state index contributed by atoms with van der Waals surface area (Å²) in [7, 11) is 0. The Labute approximate surface area is 80.4 Å². The Balaban J connectivity index is 3.29. The minimum atomic E-state index is 0.152. The quantitative estimate of drug-likeness (QED) is 0.738. The SMILES string of the molecule is Cc1cc(C)c(CO)c(C(C)C)c1. The molecule has 1 aromatic carbocycles. The number of aryl methyl sites for hydroxylation is 2. The normalized spacial score (nSPS) is 10.9. The third kappa shape index (κ3) is 2.10. The first-order valence-corrected chi connectivity index (χ1v) is 4.77. The van der Waals surface area contributed by atoms with Crippen LogP contribution in [0.2, 0.25) is 0 Å². The fourth-order valence-electron chi connectivity index (χ4n) is 1.76. The maximum atomic E-state index is 9.24. The fraction of sp³-hybridized carbons (Fsp3) is 0.500. The molecule has 1 N–H and O–H groups in total. The summed E-state index contributed by atoms with van der Waals surface area (Å²) < 4.78 is 0. The summed E-state index contributed by atoms with van der Waals surface area (Å²) in [5.74, 6) is 0.487. The predicted octanol–water partition coefficient (Wildman–Crippen LogP) is 2.92. The molecule has 0 atom stereocenters. The van der Waals surface area contributed by atoms with Crippen LogP contribution in [0.3, 0.4) is 0 Å². The Hall–Kier alpha value is -0.820. The first-order valence-electron chi connectivity index (χ1n) is 4.77.